The van der Waals surface area contributed by atoms with Crippen LogP contribution in [0.4, 0.5) is 5.69 Å². The van der Waals surface area contributed by atoms with E-state index < -0.39 is 0 Å². The minimum absolute atomic E-state index is 0.00545. The van der Waals surface area contributed by atoms with Gasteiger partial charge in [-0.15, -0.1) is 0 Å². The molecule has 0 saturated carbocycles. The van der Waals surface area contributed by atoms with Crippen molar-refractivity contribution in [3.8, 4) is 6.07 Å². The first-order chi connectivity index (χ1) is 8.10. The van der Waals surface area contributed by atoms with Crippen molar-refractivity contribution in [2.75, 3.05) is 11.9 Å². The minimum atomic E-state index is 0.00545. The maximum atomic E-state index is 8.67. The monoisotopic (exact) mass is 232 g/mol. The van der Waals surface area contributed by atoms with Crippen LogP contribution < -0.4 is 10.6 Å². The summed E-state index contributed by atoms with van der Waals surface area (Å²) in [6, 6.07) is 6.33. The molecule has 1 heterocycles. The smallest absolute Gasteiger partial charge is 0.0643 e. The number of pyridine rings is 1. The van der Waals surface area contributed by atoms with Crippen molar-refractivity contribution >= 4 is 5.69 Å². The van der Waals surface area contributed by atoms with Crippen molar-refractivity contribution in [1.82, 2.24) is 4.98 Å². The molecular formula is C13H20N4. The zero-order valence-electron chi connectivity index (χ0n) is 10.7. The van der Waals surface area contributed by atoms with E-state index in [-0.39, 0.29) is 12.1 Å². The molecule has 0 fully saturated rings. The second kappa shape index (κ2) is 6.21. The Morgan fingerprint density at radius 1 is 1.53 bits per heavy atom. The molecule has 4 nitrogen and oxygen atoms in total. The van der Waals surface area contributed by atoms with Crippen LogP contribution in [-0.4, -0.2) is 18.1 Å². The molecule has 0 bridgehead atoms. The Balaban J connectivity index is 2.77. The second-order valence-electron chi connectivity index (χ2n) is 4.28. The molecule has 92 valence electrons. The summed E-state index contributed by atoms with van der Waals surface area (Å²) in [7, 11) is 1.97. The van der Waals surface area contributed by atoms with E-state index in [0.717, 1.165) is 17.8 Å². The first-order valence-electron chi connectivity index (χ1n) is 5.91. The minimum Gasteiger partial charge on any atom is -0.370 e. The highest BCUT2D eigenvalue weighted by Crippen LogP contribution is 2.18. The van der Waals surface area contributed by atoms with Crippen molar-refractivity contribution in [3.05, 3.63) is 24.0 Å². The van der Waals surface area contributed by atoms with Crippen molar-refractivity contribution < 1.29 is 0 Å². The molecule has 1 aromatic rings. The zero-order chi connectivity index (χ0) is 12.8. The topological polar surface area (TPSA) is 65.9 Å². The maximum absolute atomic E-state index is 8.67. The highest BCUT2D eigenvalue weighted by atomic mass is 15.1. The molecule has 2 N–H and O–H groups in total. The van der Waals surface area contributed by atoms with Crippen molar-refractivity contribution in [1.29, 1.82) is 5.26 Å². The molecule has 1 unspecified atom stereocenters. The largest absolute Gasteiger partial charge is 0.370 e. The van der Waals surface area contributed by atoms with Crippen LogP contribution in [0, 0.1) is 11.3 Å². The Hall–Kier alpha value is -1.60. The molecular weight excluding hydrogens is 212 g/mol. The van der Waals surface area contributed by atoms with Gasteiger partial charge in [0.25, 0.3) is 0 Å². The molecule has 0 amide bonds. The van der Waals surface area contributed by atoms with Crippen LogP contribution in [0.2, 0.25) is 0 Å². The molecule has 1 aromatic heterocycles. The van der Waals surface area contributed by atoms with E-state index in [0.29, 0.717) is 6.42 Å². The normalized spacial score (nSPS) is 13.8. The molecule has 2 atom stereocenters. The number of hydrogen-bond acceptors (Lipinski definition) is 4. The quantitative estimate of drug-likeness (QED) is 0.845. The Morgan fingerprint density at radius 3 is 2.71 bits per heavy atom. The number of rotatable bonds is 5. The predicted octanol–water partition coefficient (Wildman–Crippen LogP) is 2.23. The summed E-state index contributed by atoms with van der Waals surface area (Å²) in [6.07, 6.45) is 3.21. The fraction of sp³-hybridized carbons (Fsp3) is 0.538. The Morgan fingerprint density at radius 2 is 2.24 bits per heavy atom. The third kappa shape index (κ3) is 3.43. The van der Waals surface area contributed by atoms with E-state index in [1.165, 1.54) is 0 Å². The van der Waals surface area contributed by atoms with Crippen molar-refractivity contribution in [2.45, 2.75) is 38.8 Å². The number of hydrogen-bond donors (Lipinski definition) is 1. The average molecular weight is 232 g/mol. The summed E-state index contributed by atoms with van der Waals surface area (Å²) in [5.41, 5.74) is 7.84. The molecule has 0 aliphatic carbocycles. The van der Waals surface area contributed by atoms with Gasteiger partial charge in [0.05, 0.1) is 30.1 Å². The molecule has 0 radical (unpaired) electrons. The first-order valence-corrected chi connectivity index (χ1v) is 5.91. The van der Waals surface area contributed by atoms with Crippen molar-refractivity contribution in [3.63, 3.8) is 0 Å². The third-order valence-corrected chi connectivity index (χ3v) is 3.05. The molecule has 0 spiro atoms. The van der Waals surface area contributed by atoms with Crippen LogP contribution in [0.15, 0.2) is 18.3 Å². The number of nitrogens with two attached hydrogens (primary N) is 1. The van der Waals surface area contributed by atoms with E-state index in [1.54, 1.807) is 0 Å². The fourth-order valence-electron chi connectivity index (χ4n) is 1.56. The Kier molecular flexibility index (Phi) is 4.92. The van der Waals surface area contributed by atoms with Crippen LogP contribution in [0.3, 0.4) is 0 Å². The summed E-state index contributed by atoms with van der Waals surface area (Å²) in [6.45, 7) is 4.07. The Bertz CT molecular complexity index is 379. The van der Waals surface area contributed by atoms with Gasteiger partial charge in [0.15, 0.2) is 0 Å². The van der Waals surface area contributed by atoms with Crippen LogP contribution >= 0.6 is 0 Å². The van der Waals surface area contributed by atoms with Crippen LogP contribution in [-0.2, 0) is 0 Å². The second-order valence-corrected chi connectivity index (χ2v) is 4.28. The number of nitriles is 1. The summed E-state index contributed by atoms with van der Waals surface area (Å²) in [4.78, 5) is 6.42. The molecule has 0 aliphatic rings. The Labute approximate surface area is 103 Å². The molecule has 4 heteroatoms. The van der Waals surface area contributed by atoms with Gasteiger partial charge in [0, 0.05) is 19.1 Å². The lowest BCUT2D eigenvalue weighted by atomic mass is 10.1. The lowest BCUT2D eigenvalue weighted by Gasteiger charge is -2.25. The van der Waals surface area contributed by atoms with Crippen LogP contribution in [0.5, 0.6) is 0 Å². The van der Waals surface area contributed by atoms with E-state index >= 15 is 0 Å². The van der Waals surface area contributed by atoms with Gasteiger partial charge in [-0.05, 0) is 25.5 Å². The van der Waals surface area contributed by atoms with E-state index in [2.05, 4.69) is 16.0 Å². The molecule has 0 saturated heterocycles. The number of aromatic nitrogens is 1. The summed E-state index contributed by atoms with van der Waals surface area (Å²) >= 11 is 0. The number of nitrogens with zero attached hydrogens (tertiary/aromatic N) is 3. The van der Waals surface area contributed by atoms with Gasteiger partial charge in [0.1, 0.15) is 0 Å². The van der Waals surface area contributed by atoms with Gasteiger partial charge >= 0.3 is 0 Å². The fourth-order valence-corrected chi connectivity index (χ4v) is 1.56. The number of anilines is 1. The van der Waals surface area contributed by atoms with Gasteiger partial charge in [-0.2, -0.15) is 5.26 Å². The van der Waals surface area contributed by atoms with Gasteiger partial charge in [-0.3, -0.25) is 4.98 Å². The van der Waals surface area contributed by atoms with Gasteiger partial charge in [-0.1, -0.05) is 6.92 Å². The molecule has 0 aromatic carbocycles. The summed E-state index contributed by atoms with van der Waals surface area (Å²) in [5, 5.41) is 8.67. The average Bonchev–Trinajstić information content (AvgIpc) is 2.37. The summed E-state index contributed by atoms with van der Waals surface area (Å²) < 4.78 is 0. The van der Waals surface area contributed by atoms with E-state index in [4.69, 9.17) is 11.0 Å². The van der Waals surface area contributed by atoms with Crippen LogP contribution in [0.1, 0.15) is 38.4 Å². The van der Waals surface area contributed by atoms with E-state index in [1.807, 2.05) is 39.2 Å². The molecule has 0 aliphatic heterocycles. The standard InChI is InChI=1S/C13H20N4/c1-4-12(15)13-6-5-11(9-16-13)17(3)10(2)7-8-14/h5-6,9-10,12H,4,7,15H2,1-3H3/t10?,12-/m1/s1. The third-order valence-electron chi connectivity index (χ3n) is 3.05. The van der Waals surface area contributed by atoms with Crippen LogP contribution in [0.25, 0.3) is 0 Å². The van der Waals surface area contributed by atoms with Crippen molar-refractivity contribution in [2.24, 2.45) is 5.73 Å². The SMILES string of the molecule is CC[C@@H](N)c1ccc(N(C)C(C)CC#N)cn1. The highest BCUT2D eigenvalue weighted by Gasteiger charge is 2.11. The highest BCUT2D eigenvalue weighted by molar-refractivity contribution is 5.45. The molecule has 1 rings (SSSR count). The van der Waals surface area contributed by atoms with Gasteiger partial charge < -0.3 is 10.6 Å². The lowest BCUT2D eigenvalue weighted by Crippen LogP contribution is -2.28. The zero-order valence-corrected chi connectivity index (χ0v) is 10.7. The molecule has 17 heavy (non-hydrogen) atoms. The lowest BCUT2D eigenvalue weighted by molar-refractivity contribution is 0.671. The maximum Gasteiger partial charge on any atom is 0.0643 e. The first kappa shape index (κ1) is 13.5. The van der Waals surface area contributed by atoms with E-state index in [9.17, 15) is 0 Å². The van der Waals surface area contributed by atoms with Gasteiger partial charge in [0.2, 0.25) is 0 Å². The predicted molar refractivity (Wildman–Crippen MR) is 69.6 cm³/mol. The van der Waals surface area contributed by atoms with Gasteiger partial charge in [-0.25, -0.2) is 0 Å². The summed E-state index contributed by atoms with van der Waals surface area (Å²) in [5.74, 6) is 0.